The van der Waals surface area contributed by atoms with E-state index in [0.29, 0.717) is 23.6 Å². The molecule has 1 aliphatic carbocycles. The zero-order chi connectivity index (χ0) is 18.9. The molecule has 2 fully saturated rings. The zero-order valence-electron chi connectivity index (χ0n) is 16.1. The molecule has 2 aromatic heterocycles. The van der Waals surface area contributed by atoms with Crippen molar-refractivity contribution in [3.63, 3.8) is 0 Å². The van der Waals surface area contributed by atoms with Crippen molar-refractivity contribution in [1.82, 2.24) is 15.0 Å². The van der Waals surface area contributed by atoms with Crippen molar-refractivity contribution in [2.24, 2.45) is 16.2 Å². The number of rotatable bonds is 6. The SMILES string of the molecule is CN=S(=O)(CC1CCC(N(C)c2ncnc3[nH]ccc23)CC1)CC1COC1. The first-order valence-electron chi connectivity index (χ1n) is 9.77. The molecule has 2 aliphatic rings. The van der Waals surface area contributed by atoms with E-state index in [1.54, 1.807) is 13.4 Å². The molecule has 148 valence electrons. The van der Waals surface area contributed by atoms with Crippen LogP contribution in [0.25, 0.3) is 11.0 Å². The van der Waals surface area contributed by atoms with E-state index in [-0.39, 0.29) is 0 Å². The van der Waals surface area contributed by atoms with Gasteiger partial charge >= 0.3 is 0 Å². The molecule has 2 aromatic rings. The van der Waals surface area contributed by atoms with Crippen LogP contribution in [0.5, 0.6) is 0 Å². The van der Waals surface area contributed by atoms with Gasteiger partial charge in [0.15, 0.2) is 0 Å². The summed E-state index contributed by atoms with van der Waals surface area (Å²) in [6.45, 7) is 1.49. The number of ether oxygens (including phenoxy) is 1. The van der Waals surface area contributed by atoms with Crippen molar-refractivity contribution in [3.05, 3.63) is 18.6 Å². The Labute approximate surface area is 161 Å². The molecule has 0 aromatic carbocycles. The molecular formula is C19H29N5O2S. The summed E-state index contributed by atoms with van der Waals surface area (Å²) in [6, 6.07) is 2.50. The van der Waals surface area contributed by atoms with E-state index in [0.717, 1.165) is 61.5 Å². The van der Waals surface area contributed by atoms with Gasteiger partial charge in [-0.15, -0.1) is 0 Å². The molecule has 1 aliphatic heterocycles. The smallest absolute Gasteiger partial charge is 0.142 e. The second kappa shape index (κ2) is 7.75. The van der Waals surface area contributed by atoms with Gasteiger partial charge < -0.3 is 14.6 Å². The highest BCUT2D eigenvalue weighted by molar-refractivity contribution is 7.93. The van der Waals surface area contributed by atoms with Crippen LogP contribution >= 0.6 is 0 Å². The van der Waals surface area contributed by atoms with Crippen molar-refractivity contribution >= 4 is 26.6 Å². The summed E-state index contributed by atoms with van der Waals surface area (Å²) in [5.41, 5.74) is 0.879. The summed E-state index contributed by atoms with van der Waals surface area (Å²) in [5.74, 6) is 3.37. The van der Waals surface area contributed by atoms with Crippen LogP contribution in [0, 0.1) is 11.8 Å². The Morgan fingerprint density at radius 1 is 1.22 bits per heavy atom. The van der Waals surface area contributed by atoms with Crippen molar-refractivity contribution in [3.8, 4) is 0 Å². The first-order valence-corrected chi connectivity index (χ1v) is 11.6. The minimum atomic E-state index is -2.09. The molecule has 27 heavy (non-hydrogen) atoms. The quantitative estimate of drug-likeness (QED) is 0.818. The third-order valence-corrected chi connectivity index (χ3v) is 8.71. The Balaban J connectivity index is 1.37. The molecule has 7 nitrogen and oxygen atoms in total. The largest absolute Gasteiger partial charge is 0.381 e. The molecular weight excluding hydrogens is 362 g/mol. The lowest BCUT2D eigenvalue weighted by Crippen LogP contribution is -2.38. The van der Waals surface area contributed by atoms with Crippen LogP contribution in [0.4, 0.5) is 5.82 Å². The van der Waals surface area contributed by atoms with E-state index < -0.39 is 9.73 Å². The molecule has 1 unspecified atom stereocenters. The average Bonchev–Trinajstić information content (AvgIpc) is 3.14. The third kappa shape index (κ3) is 3.96. The maximum absolute atomic E-state index is 13.1. The second-order valence-electron chi connectivity index (χ2n) is 7.91. The van der Waals surface area contributed by atoms with Crippen LogP contribution < -0.4 is 4.90 Å². The summed E-state index contributed by atoms with van der Waals surface area (Å²) < 4.78 is 22.7. The number of fused-ring (bicyclic) bond motifs is 1. The van der Waals surface area contributed by atoms with Crippen molar-refractivity contribution < 1.29 is 8.95 Å². The fourth-order valence-electron chi connectivity index (χ4n) is 4.35. The van der Waals surface area contributed by atoms with Crippen LogP contribution in [0.1, 0.15) is 25.7 Å². The Hall–Kier alpha value is -1.67. The number of aromatic amines is 1. The number of anilines is 1. The maximum atomic E-state index is 13.1. The highest BCUT2D eigenvalue weighted by atomic mass is 32.2. The van der Waals surface area contributed by atoms with Crippen LogP contribution in [0.15, 0.2) is 23.0 Å². The Morgan fingerprint density at radius 3 is 2.63 bits per heavy atom. The lowest BCUT2D eigenvalue weighted by atomic mass is 9.86. The fourth-order valence-corrected chi connectivity index (χ4v) is 6.78. The van der Waals surface area contributed by atoms with Gasteiger partial charge in [0.1, 0.15) is 17.8 Å². The molecule has 4 rings (SSSR count). The van der Waals surface area contributed by atoms with Gasteiger partial charge in [-0.3, -0.25) is 0 Å². The number of nitrogens with zero attached hydrogens (tertiary/aromatic N) is 4. The van der Waals surface area contributed by atoms with Gasteiger partial charge in [0.2, 0.25) is 0 Å². The first-order chi connectivity index (χ1) is 13.1. The van der Waals surface area contributed by atoms with E-state index in [2.05, 4.69) is 31.3 Å². The Kier molecular flexibility index (Phi) is 5.36. The Bertz CT molecular complexity index is 892. The van der Waals surface area contributed by atoms with Crippen LogP contribution in [-0.2, 0) is 14.5 Å². The summed E-state index contributed by atoms with van der Waals surface area (Å²) in [5, 5.41) is 1.07. The number of nitrogens with one attached hydrogen (secondary N) is 1. The number of H-pyrrole nitrogens is 1. The van der Waals surface area contributed by atoms with Crippen molar-refractivity contribution in [1.29, 1.82) is 0 Å². The van der Waals surface area contributed by atoms with Gasteiger partial charge in [-0.05, 0) is 37.7 Å². The van der Waals surface area contributed by atoms with Gasteiger partial charge in [0.25, 0.3) is 0 Å². The molecule has 0 bridgehead atoms. The van der Waals surface area contributed by atoms with Gasteiger partial charge in [0, 0.05) is 53.5 Å². The minimum absolute atomic E-state index is 0.435. The zero-order valence-corrected chi connectivity index (χ0v) is 17.0. The molecule has 1 saturated carbocycles. The Morgan fingerprint density at radius 2 is 1.96 bits per heavy atom. The standard InChI is InChI=1S/C19H29N5O2S/c1-20-27(25,12-15-9-26-10-15)11-14-3-5-16(6-4-14)24(2)19-17-7-8-21-18(17)22-13-23-19/h7-8,13-16H,3-6,9-12H2,1-2H3,(H,21,22,23). The van der Waals surface area contributed by atoms with E-state index >= 15 is 0 Å². The predicted octanol–water partition coefficient (Wildman–Crippen LogP) is 2.70. The van der Waals surface area contributed by atoms with Gasteiger partial charge in [0.05, 0.1) is 18.6 Å². The summed E-state index contributed by atoms with van der Waals surface area (Å²) in [6.07, 6.45) is 7.93. The summed E-state index contributed by atoms with van der Waals surface area (Å²) in [7, 11) is 1.76. The van der Waals surface area contributed by atoms with E-state index in [1.165, 1.54) is 0 Å². The average molecular weight is 392 g/mol. The second-order valence-corrected chi connectivity index (χ2v) is 10.5. The molecule has 1 saturated heterocycles. The molecule has 0 spiro atoms. The molecule has 0 amide bonds. The minimum Gasteiger partial charge on any atom is -0.381 e. The van der Waals surface area contributed by atoms with Gasteiger partial charge in [-0.25, -0.2) is 18.5 Å². The lowest BCUT2D eigenvalue weighted by molar-refractivity contribution is -0.0202. The molecule has 1 atom stereocenters. The molecule has 0 radical (unpaired) electrons. The highest BCUT2D eigenvalue weighted by Crippen LogP contribution is 2.32. The number of hydrogen-bond acceptors (Lipinski definition) is 6. The molecule has 1 N–H and O–H groups in total. The van der Waals surface area contributed by atoms with Crippen LogP contribution in [-0.4, -0.2) is 64.0 Å². The predicted molar refractivity (Wildman–Crippen MR) is 109 cm³/mol. The van der Waals surface area contributed by atoms with Crippen LogP contribution in [0.3, 0.4) is 0 Å². The molecule has 3 heterocycles. The lowest BCUT2D eigenvalue weighted by Gasteiger charge is -2.36. The first kappa shape index (κ1) is 18.7. The maximum Gasteiger partial charge on any atom is 0.142 e. The van der Waals surface area contributed by atoms with E-state index in [9.17, 15) is 4.21 Å². The monoisotopic (exact) mass is 391 g/mol. The third-order valence-electron chi connectivity index (χ3n) is 6.06. The number of aromatic nitrogens is 3. The van der Waals surface area contributed by atoms with Crippen molar-refractivity contribution in [2.75, 3.05) is 43.7 Å². The fraction of sp³-hybridized carbons (Fsp3) is 0.684. The van der Waals surface area contributed by atoms with Gasteiger partial charge in [-0.2, -0.15) is 0 Å². The summed E-state index contributed by atoms with van der Waals surface area (Å²) >= 11 is 0. The van der Waals surface area contributed by atoms with Crippen LogP contribution in [0.2, 0.25) is 0 Å². The van der Waals surface area contributed by atoms with Gasteiger partial charge in [-0.1, -0.05) is 0 Å². The normalized spacial score (nSPS) is 25.7. The summed E-state index contributed by atoms with van der Waals surface area (Å²) in [4.78, 5) is 14.2. The molecule has 8 heteroatoms. The topological polar surface area (TPSA) is 83.5 Å². The van der Waals surface area contributed by atoms with E-state index in [1.807, 2.05) is 12.3 Å². The highest BCUT2D eigenvalue weighted by Gasteiger charge is 2.30. The van der Waals surface area contributed by atoms with Crippen molar-refractivity contribution in [2.45, 2.75) is 31.7 Å². The van der Waals surface area contributed by atoms with E-state index in [4.69, 9.17) is 4.74 Å². The number of hydrogen-bond donors (Lipinski definition) is 1.